The van der Waals surface area contributed by atoms with Crippen molar-refractivity contribution in [1.82, 2.24) is 9.38 Å². The molecule has 6 nitrogen and oxygen atoms in total. The van der Waals surface area contributed by atoms with Gasteiger partial charge in [-0.3, -0.25) is 4.79 Å². The highest BCUT2D eigenvalue weighted by molar-refractivity contribution is 6.32. The number of ketones is 1. The lowest BCUT2D eigenvalue weighted by Crippen LogP contribution is -2.30. The number of carbonyl (C=O) groups is 1. The van der Waals surface area contributed by atoms with E-state index in [4.69, 9.17) is 22.1 Å². The van der Waals surface area contributed by atoms with Gasteiger partial charge < -0.3 is 20.0 Å². The average Bonchev–Trinajstić information content (AvgIpc) is 3.10. The van der Waals surface area contributed by atoms with Crippen LogP contribution in [0.3, 0.4) is 0 Å². The second-order valence-corrected chi connectivity index (χ2v) is 6.79. The van der Waals surface area contributed by atoms with Crippen molar-refractivity contribution >= 4 is 23.0 Å². The minimum atomic E-state index is -0.440. The number of aromatic nitrogens is 2. The lowest BCUT2D eigenvalue weighted by Gasteiger charge is -2.09. The fourth-order valence-corrected chi connectivity index (χ4v) is 3.19. The Morgan fingerprint density at radius 2 is 2.19 bits per heavy atom. The number of methoxy groups -OCH3 is 1. The summed E-state index contributed by atoms with van der Waals surface area (Å²) in [4.78, 5) is 16.7. The summed E-state index contributed by atoms with van der Waals surface area (Å²) in [6.45, 7) is 1.73. The van der Waals surface area contributed by atoms with E-state index in [1.54, 1.807) is 12.1 Å². The fraction of sp³-hybridized carbons (Fsp3) is 0.300. The quantitative estimate of drug-likeness (QED) is 0.650. The lowest BCUT2D eigenvalue weighted by molar-refractivity contribution is -0.119. The Morgan fingerprint density at radius 1 is 1.41 bits per heavy atom. The van der Waals surface area contributed by atoms with Crippen LogP contribution in [0.1, 0.15) is 24.5 Å². The third-order valence-corrected chi connectivity index (χ3v) is 4.88. The summed E-state index contributed by atoms with van der Waals surface area (Å²) in [6.07, 6.45) is 4.62. The fourth-order valence-electron chi connectivity index (χ4n) is 2.94. The standard InChI is InChI=1S/C20H22ClN3O3/c1-3-16(22)18(26)6-12-4-5-24-10-17(23-20(24)7-12)14-9-15(21)19(27-2)8-13(14)11-25/h4-5,7-10,16,25H,3,6,11,22H2,1-2H3/t16-/m0/s1. The maximum atomic E-state index is 12.1. The van der Waals surface area contributed by atoms with Gasteiger partial charge in [0.2, 0.25) is 0 Å². The number of imidazole rings is 1. The summed E-state index contributed by atoms with van der Waals surface area (Å²) in [5.74, 6) is 0.513. The molecule has 0 saturated carbocycles. The molecule has 0 amide bonds. The third kappa shape index (κ3) is 3.98. The number of aliphatic hydroxyl groups excluding tert-OH is 1. The number of pyridine rings is 1. The number of ether oxygens (including phenoxy) is 1. The first-order chi connectivity index (χ1) is 13.0. The summed E-state index contributed by atoms with van der Waals surface area (Å²) in [6, 6.07) is 6.75. The number of nitrogens with zero attached hydrogens (tertiary/aromatic N) is 2. The van der Waals surface area contributed by atoms with Crippen LogP contribution < -0.4 is 10.5 Å². The highest BCUT2D eigenvalue weighted by Gasteiger charge is 2.15. The zero-order valence-corrected chi connectivity index (χ0v) is 16.0. The second kappa shape index (κ2) is 8.08. The van der Waals surface area contributed by atoms with Gasteiger partial charge in [0.05, 0.1) is 30.5 Å². The smallest absolute Gasteiger partial charge is 0.153 e. The number of hydrogen-bond donors (Lipinski definition) is 2. The average molecular weight is 388 g/mol. The molecule has 1 atom stereocenters. The molecule has 0 bridgehead atoms. The van der Waals surface area contributed by atoms with Crippen LogP contribution in [0.5, 0.6) is 5.75 Å². The van der Waals surface area contributed by atoms with Crippen LogP contribution in [0, 0.1) is 0 Å². The van der Waals surface area contributed by atoms with E-state index in [1.165, 1.54) is 7.11 Å². The molecule has 0 aliphatic carbocycles. The Balaban J connectivity index is 1.98. The first-order valence-electron chi connectivity index (χ1n) is 8.70. The number of fused-ring (bicyclic) bond motifs is 1. The number of carbonyl (C=O) groups excluding carboxylic acids is 1. The van der Waals surface area contributed by atoms with Crippen molar-refractivity contribution in [1.29, 1.82) is 0 Å². The Bertz CT molecular complexity index is 984. The van der Waals surface area contributed by atoms with Gasteiger partial charge in [0.1, 0.15) is 11.4 Å². The van der Waals surface area contributed by atoms with Crippen molar-refractivity contribution in [3.05, 3.63) is 52.8 Å². The highest BCUT2D eigenvalue weighted by Crippen LogP contribution is 2.33. The van der Waals surface area contributed by atoms with Crippen molar-refractivity contribution in [2.75, 3.05) is 7.11 Å². The summed E-state index contributed by atoms with van der Waals surface area (Å²) >= 11 is 6.24. The number of aliphatic hydroxyl groups is 1. The van der Waals surface area contributed by atoms with Gasteiger partial charge in [-0.2, -0.15) is 0 Å². The largest absolute Gasteiger partial charge is 0.495 e. The molecular formula is C20H22ClN3O3. The van der Waals surface area contributed by atoms with E-state index in [2.05, 4.69) is 4.98 Å². The molecule has 3 rings (SSSR count). The number of nitrogens with two attached hydrogens (primary N) is 1. The molecule has 3 N–H and O–H groups in total. The summed E-state index contributed by atoms with van der Waals surface area (Å²) in [5, 5.41) is 10.1. The van der Waals surface area contributed by atoms with Crippen LogP contribution in [0.4, 0.5) is 0 Å². The van der Waals surface area contributed by atoms with E-state index >= 15 is 0 Å². The Hall–Kier alpha value is -2.41. The van der Waals surface area contributed by atoms with Crippen LogP contribution >= 0.6 is 11.6 Å². The number of hydrogen-bond acceptors (Lipinski definition) is 5. The van der Waals surface area contributed by atoms with Crippen LogP contribution in [-0.2, 0) is 17.8 Å². The Morgan fingerprint density at radius 3 is 2.85 bits per heavy atom. The van der Waals surface area contributed by atoms with Crippen molar-refractivity contribution in [3.8, 4) is 17.0 Å². The Kier molecular flexibility index (Phi) is 5.79. The molecule has 0 unspecified atom stereocenters. The van der Waals surface area contributed by atoms with E-state index in [9.17, 15) is 9.90 Å². The lowest BCUT2D eigenvalue weighted by atomic mass is 10.0. The third-order valence-electron chi connectivity index (χ3n) is 4.58. The maximum absolute atomic E-state index is 12.1. The van der Waals surface area contributed by atoms with E-state index in [1.807, 2.05) is 35.9 Å². The predicted octanol–water partition coefficient (Wildman–Crippen LogP) is 3.00. The van der Waals surface area contributed by atoms with Crippen LogP contribution in [0.15, 0.2) is 36.7 Å². The predicted molar refractivity (Wildman–Crippen MR) is 105 cm³/mol. The highest BCUT2D eigenvalue weighted by atomic mass is 35.5. The van der Waals surface area contributed by atoms with Gasteiger partial charge in [0.15, 0.2) is 5.78 Å². The molecule has 0 fully saturated rings. The molecule has 0 aliphatic heterocycles. The van der Waals surface area contributed by atoms with E-state index < -0.39 is 6.04 Å². The van der Waals surface area contributed by atoms with Gasteiger partial charge >= 0.3 is 0 Å². The molecule has 7 heteroatoms. The molecule has 2 heterocycles. The summed E-state index contributed by atoms with van der Waals surface area (Å²) < 4.78 is 7.07. The molecule has 0 spiro atoms. The molecule has 0 aliphatic rings. The van der Waals surface area contributed by atoms with Crippen LogP contribution in [-0.4, -0.2) is 33.4 Å². The number of Topliss-reactive ketones (excluding diaryl/α,β-unsaturated/α-hetero) is 1. The van der Waals surface area contributed by atoms with Crippen molar-refractivity contribution in [2.45, 2.75) is 32.4 Å². The van der Waals surface area contributed by atoms with Gasteiger partial charge in [0.25, 0.3) is 0 Å². The second-order valence-electron chi connectivity index (χ2n) is 6.39. The van der Waals surface area contributed by atoms with Gasteiger partial charge in [-0.25, -0.2) is 4.98 Å². The van der Waals surface area contributed by atoms with Crippen molar-refractivity contribution in [3.63, 3.8) is 0 Å². The molecule has 27 heavy (non-hydrogen) atoms. The maximum Gasteiger partial charge on any atom is 0.153 e. The first kappa shape index (κ1) is 19.4. The van der Waals surface area contributed by atoms with Crippen LogP contribution in [0.2, 0.25) is 5.02 Å². The molecule has 1 aromatic carbocycles. The van der Waals surface area contributed by atoms with Gasteiger partial charge in [0, 0.05) is 24.4 Å². The molecule has 142 valence electrons. The van der Waals surface area contributed by atoms with Gasteiger partial charge in [-0.15, -0.1) is 0 Å². The zero-order chi connectivity index (χ0) is 19.6. The van der Waals surface area contributed by atoms with Gasteiger partial charge in [-0.05, 0) is 41.8 Å². The molecule has 3 aromatic rings. The molecule has 2 aromatic heterocycles. The zero-order valence-electron chi connectivity index (χ0n) is 15.3. The van der Waals surface area contributed by atoms with Crippen molar-refractivity contribution in [2.24, 2.45) is 5.73 Å². The van der Waals surface area contributed by atoms with E-state index in [0.717, 1.165) is 11.1 Å². The van der Waals surface area contributed by atoms with E-state index in [-0.39, 0.29) is 18.8 Å². The normalized spacial score (nSPS) is 12.3. The van der Waals surface area contributed by atoms with Crippen LogP contribution in [0.25, 0.3) is 16.9 Å². The topological polar surface area (TPSA) is 89.9 Å². The molecule has 0 saturated heterocycles. The number of halogens is 1. The minimum absolute atomic E-state index is 0.0122. The van der Waals surface area contributed by atoms with Crippen molar-refractivity contribution < 1.29 is 14.6 Å². The Labute approximate surface area is 162 Å². The van der Waals surface area contributed by atoms with Gasteiger partial charge in [-0.1, -0.05) is 18.5 Å². The molecule has 0 radical (unpaired) electrons. The SMILES string of the molecule is CC[C@H](N)C(=O)Cc1ccn2cc(-c3cc(Cl)c(OC)cc3CO)nc2c1. The van der Waals surface area contributed by atoms with E-state index in [0.29, 0.717) is 34.1 Å². The minimum Gasteiger partial charge on any atom is -0.495 e. The summed E-state index contributed by atoms with van der Waals surface area (Å²) in [7, 11) is 1.53. The summed E-state index contributed by atoms with van der Waals surface area (Å²) in [5.41, 5.74) is 9.46. The molecular weight excluding hydrogens is 366 g/mol. The number of rotatable bonds is 7. The number of benzene rings is 1. The monoisotopic (exact) mass is 387 g/mol. The first-order valence-corrected chi connectivity index (χ1v) is 9.08.